The number of nitrogens with zero attached hydrogens (tertiary/aromatic N) is 1. The van der Waals surface area contributed by atoms with Crippen LogP contribution in [0, 0.1) is 10.1 Å². The van der Waals surface area contributed by atoms with E-state index in [0.717, 1.165) is 6.07 Å². The van der Waals surface area contributed by atoms with Crippen LogP contribution < -0.4 is 15.4 Å². The molecule has 0 fully saturated rings. The lowest BCUT2D eigenvalue weighted by Crippen LogP contribution is -2.34. The number of methoxy groups -OCH3 is 1. The van der Waals surface area contributed by atoms with Gasteiger partial charge in [-0.05, 0) is 68.3 Å². The van der Waals surface area contributed by atoms with Crippen LogP contribution in [0.5, 0.6) is 11.5 Å². The maximum atomic E-state index is 12.2. The maximum absolute atomic E-state index is 12.2. The molecule has 3 N–H and O–H groups in total. The molecule has 0 bridgehead atoms. The standard InChI is InChI=1S/C15H11Br2N3O5S/c1-25-12-3-2-7(4-11(12)20(23)24)14(22)19-15(26)18-8-5-9(16)13(21)10(17)6-8/h2-6,21H,1H3,(H2,18,19,22,26). The fraction of sp³-hybridized carbons (Fsp3) is 0.0667. The molecule has 0 spiro atoms. The lowest BCUT2D eigenvalue weighted by molar-refractivity contribution is -0.385. The van der Waals surface area contributed by atoms with Crippen molar-refractivity contribution in [3.8, 4) is 11.5 Å². The summed E-state index contributed by atoms with van der Waals surface area (Å²) in [5, 5.41) is 25.9. The molecule has 0 heterocycles. The van der Waals surface area contributed by atoms with Crippen LogP contribution in [0.25, 0.3) is 0 Å². The average molecular weight is 505 g/mol. The fourth-order valence-electron chi connectivity index (χ4n) is 1.95. The average Bonchev–Trinajstić information content (AvgIpc) is 2.58. The molecular formula is C15H11Br2N3O5S. The molecule has 0 saturated heterocycles. The van der Waals surface area contributed by atoms with E-state index >= 15 is 0 Å². The fourth-order valence-corrected chi connectivity index (χ4v) is 3.35. The highest BCUT2D eigenvalue weighted by molar-refractivity contribution is 9.11. The number of hydrogen-bond acceptors (Lipinski definition) is 6. The highest BCUT2D eigenvalue weighted by atomic mass is 79.9. The predicted molar refractivity (Wildman–Crippen MR) is 107 cm³/mol. The molecular weight excluding hydrogens is 494 g/mol. The SMILES string of the molecule is COc1ccc(C(=O)NC(=S)Nc2cc(Br)c(O)c(Br)c2)cc1[N+](=O)[O-]. The summed E-state index contributed by atoms with van der Waals surface area (Å²) in [6, 6.07) is 6.95. The molecule has 136 valence electrons. The largest absolute Gasteiger partial charge is 0.506 e. The van der Waals surface area contributed by atoms with Crippen molar-refractivity contribution in [2.75, 3.05) is 12.4 Å². The van der Waals surface area contributed by atoms with Gasteiger partial charge in [-0.15, -0.1) is 0 Å². The molecule has 0 atom stereocenters. The first kappa shape index (κ1) is 20.1. The van der Waals surface area contributed by atoms with E-state index in [1.807, 2.05) is 0 Å². The molecule has 8 nitrogen and oxygen atoms in total. The van der Waals surface area contributed by atoms with Crippen molar-refractivity contribution in [1.82, 2.24) is 5.32 Å². The van der Waals surface area contributed by atoms with Crippen LogP contribution in [0.15, 0.2) is 39.3 Å². The van der Waals surface area contributed by atoms with Gasteiger partial charge in [0.05, 0.1) is 21.0 Å². The number of phenolic OH excluding ortho intramolecular Hbond substituents is 1. The van der Waals surface area contributed by atoms with Crippen molar-refractivity contribution in [3.63, 3.8) is 0 Å². The Balaban J connectivity index is 2.13. The van der Waals surface area contributed by atoms with Crippen LogP contribution >= 0.6 is 44.1 Å². The van der Waals surface area contributed by atoms with Crippen molar-refractivity contribution < 1.29 is 19.6 Å². The van der Waals surface area contributed by atoms with Crippen molar-refractivity contribution in [2.24, 2.45) is 0 Å². The molecule has 0 saturated carbocycles. The Morgan fingerprint density at radius 3 is 2.42 bits per heavy atom. The first-order valence-corrected chi connectivity index (χ1v) is 8.85. The van der Waals surface area contributed by atoms with Crippen LogP contribution in [-0.2, 0) is 0 Å². The summed E-state index contributed by atoms with van der Waals surface area (Å²) in [7, 11) is 1.30. The van der Waals surface area contributed by atoms with Gasteiger partial charge in [-0.25, -0.2) is 0 Å². The van der Waals surface area contributed by atoms with Crippen LogP contribution in [0.3, 0.4) is 0 Å². The van der Waals surface area contributed by atoms with Crippen molar-refractivity contribution >= 4 is 66.5 Å². The number of nitro groups is 1. The Kier molecular flexibility index (Phi) is 6.51. The normalized spacial score (nSPS) is 10.1. The molecule has 0 radical (unpaired) electrons. The Morgan fingerprint density at radius 2 is 1.88 bits per heavy atom. The van der Waals surface area contributed by atoms with E-state index in [9.17, 15) is 20.0 Å². The number of aromatic hydroxyl groups is 1. The number of phenols is 1. The van der Waals surface area contributed by atoms with Gasteiger partial charge in [0.2, 0.25) is 0 Å². The van der Waals surface area contributed by atoms with Gasteiger partial charge in [0.25, 0.3) is 5.91 Å². The number of halogens is 2. The molecule has 0 unspecified atom stereocenters. The number of carbonyl (C=O) groups is 1. The molecule has 26 heavy (non-hydrogen) atoms. The Labute approximate surface area is 169 Å². The second-order valence-electron chi connectivity index (χ2n) is 4.84. The Morgan fingerprint density at radius 1 is 1.27 bits per heavy atom. The van der Waals surface area contributed by atoms with Crippen LogP contribution in [0.2, 0.25) is 0 Å². The number of ether oxygens (including phenoxy) is 1. The third-order valence-corrected chi connectivity index (χ3v) is 4.55. The monoisotopic (exact) mass is 503 g/mol. The Bertz CT molecular complexity index is 884. The minimum Gasteiger partial charge on any atom is -0.506 e. The lowest BCUT2D eigenvalue weighted by atomic mass is 10.2. The van der Waals surface area contributed by atoms with E-state index in [4.69, 9.17) is 17.0 Å². The molecule has 0 aliphatic carbocycles. The second-order valence-corrected chi connectivity index (χ2v) is 6.96. The van der Waals surface area contributed by atoms with Gasteiger partial charge in [-0.2, -0.15) is 0 Å². The molecule has 1 amide bonds. The van der Waals surface area contributed by atoms with Crippen molar-refractivity contribution in [3.05, 3.63) is 55.0 Å². The summed E-state index contributed by atoms with van der Waals surface area (Å²) in [5.41, 5.74) is 0.229. The van der Waals surface area contributed by atoms with Gasteiger partial charge in [-0.1, -0.05) is 0 Å². The lowest BCUT2D eigenvalue weighted by Gasteiger charge is -2.11. The maximum Gasteiger partial charge on any atom is 0.311 e. The number of carbonyl (C=O) groups excluding carboxylic acids is 1. The van der Waals surface area contributed by atoms with Crippen molar-refractivity contribution in [1.29, 1.82) is 0 Å². The van der Waals surface area contributed by atoms with E-state index in [-0.39, 0.29) is 27.9 Å². The number of hydrogen-bond donors (Lipinski definition) is 3. The van der Waals surface area contributed by atoms with E-state index < -0.39 is 10.8 Å². The quantitative estimate of drug-likeness (QED) is 0.250. The first-order chi connectivity index (χ1) is 12.2. The summed E-state index contributed by atoms with van der Waals surface area (Å²) in [5.74, 6) is -0.549. The predicted octanol–water partition coefficient (Wildman–Crippen LogP) is 3.96. The number of anilines is 1. The number of rotatable bonds is 4. The number of benzene rings is 2. The van der Waals surface area contributed by atoms with Gasteiger partial charge >= 0.3 is 5.69 Å². The molecule has 0 aliphatic heterocycles. The third-order valence-electron chi connectivity index (χ3n) is 3.14. The number of amides is 1. The van der Waals surface area contributed by atoms with Crippen LogP contribution in [-0.4, -0.2) is 28.2 Å². The van der Waals surface area contributed by atoms with E-state index in [0.29, 0.717) is 14.6 Å². The molecule has 2 aromatic carbocycles. The highest BCUT2D eigenvalue weighted by Crippen LogP contribution is 2.35. The second kappa shape index (κ2) is 8.43. The topological polar surface area (TPSA) is 114 Å². The first-order valence-electron chi connectivity index (χ1n) is 6.85. The summed E-state index contributed by atoms with van der Waals surface area (Å²) in [6.07, 6.45) is 0. The summed E-state index contributed by atoms with van der Waals surface area (Å²) < 4.78 is 5.74. The van der Waals surface area contributed by atoms with Crippen LogP contribution in [0.1, 0.15) is 10.4 Å². The smallest absolute Gasteiger partial charge is 0.311 e. The van der Waals surface area contributed by atoms with E-state index in [1.54, 1.807) is 12.1 Å². The third kappa shape index (κ3) is 4.68. The van der Waals surface area contributed by atoms with Crippen LogP contribution in [0.4, 0.5) is 11.4 Å². The van der Waals surface area contributed by atoms with Gasteiger partial charge < -0.3 is 15.2 Å². The van der Waals surface area contributed by atoms with E-state index in [2.05, 4.69) is 42.5 Å². The van der Waals surface area contributed by atoms with Gasteiger partial charge in [0.15, 0.2) is 10.9 Å². The molecule has 0 aromatic heterocycles. The number of nitrogens with one attached hydrogen (secondary N) is 2. The summed E-state index contributed by atoms with van der Waals surface area (Å²) >= 11 is 11.4. The zero-order valence-corrected chi connectivity index (χ0v) is 17.1. The summed E-state index contributed by atoms with van der Waals surface area (Å²) in [4.78, 5) is 22.6. The van der Waals surface area contributed by atoms with Crippen molar-refractivity contribution in [2.45, 2.75) is 0 Å². The highest BCUT2D eigenvalue weighted by Gasteiger charge is 2.19. The van der Waals surface area contributed by atoms with Gasteiger partial charge in [-0.3, -0.25) is 20.2 Å². The van der Waals surface area contributed by atoms with Gasteiger partial charge in [0, 0.05) is 17.3 Å². The van der Waals surface area contributed by atoms with E-state index in [1.165, 1.54) is 19.2 Å². The number of nitro benzene ring substituents is 1. The Hall–Kier alpha value is -2.24. The number of thiocarbonyl (C=S) groups is 1. The molecule has 2 aromatic rings. The summed E-state index contributed by atoms with van der Waals surface area (Å²) in [6.45, 7) is 0. The zero-order valence-electron chi connectivity index (χ0n) is 13.1. The molecule has 2 rings (SSSR count). The zero-order chi connectivity index (χ0) is 19.4. The van der Waals surface area contributed by atoms with Gasteiger partial charge in [0.1, 0.15) is 5.75 Å². The molecule has 11 heteroatoms. The minimum absolute atomic E-state index is 0.0158. The molecule has 0 aliphatic rings. The minimum atomic E-state index is -0.641.